The maximum atomic E-state index is 12.4. The number of benzene rings is 2. The van der Waals surface area contributed by atoms with E-state index in [2.05, 4.69) is 10.0 Å². The molecule has 0 aromatic heterocycles. The minimum Gasteiger partial charge on any atom is -0.495 e. The second-order valence-corrected chi connectivity index (χ2v) is 7.48. The van der Waals surface area contributed by atoms with Gasteiger partial charge in [-0.15, -0.1) is 0 Å². The van der Waals surface area contributed by atoms with E-state index in [9.17, 15) is 13.2 Å². The van der Waals surface area contributed by atoms with Crippen LogP contribution in [-0.4, -0.2) is 28.0 Å². The lowest BCUT2D eigenvalue weighted by atomic mass is 10.1. The molecular weight excluding hydrogens is 340 g/mol. The van der Waals surface area contributed by atoms with Crippen LogP contribution in [0.3, 0.4) is 0 Å². The molecule has 0 aliphatic carbocycles. The number of rotatable bonds is 7. The first-order valence-electron chi connectivity index (χ1n) is 7.78. The standard InChI is InChI=1S/C18H22N2O4S/c1-13-4-7-15(8-5-13)11-19-18(21)12-20-25(22,23)17-10-14(2)6-9-16(17)24-3/h4-10,20H,11-12H2,1-3H3,(H,19,21). The van der Waals surface area contributed by atoms with Crippen LogP contribution in [-0.2, 0) is 21.4 Å². The predicted octanol–water partition coefficient (Wildman–Crippen LogP) is 1.91. The Morgan fingerprint density at radius 3 is 2.32 bits per heavy atom. The highest BCUT2D eigenvalue weighted by Gasteiger charge is 2.20. The van der Waals surface area contributed by atoms with E-state index < -0.39 is 15.9 Å². The van der Waals surface area contributed by atoms with Crippen LogP contribution in [0.5, 0.6) is 5.75 Å². The first-order chi connectivity index (χ1) is 11.8. The highest BCUT2D eigenvalue weighted by molar-refractivity contribution is 7.89. The molecular formula is C18H22N2O4S. The molecule has 0 atom stereocenters. The monoisotopic (exact) mass is 362 g/mol. The van der Waals surface area contributed by atoms with E-state index in [1.165, 1.54) is 13.2 Å². The summed E-state index contributed by atoms with van der Waals surface area (Å²) < 4.78 is 32.2. The molecule has 2 aromatic carbocycles. The molecule has 7 heteroatoms. The van der Waals surface area contributed by atoms with Gasteiger partial charge in [0.05, 0.1) is 13.7 Å². The smallest absolute Gasteiger partial charge is 0.244 e. The number of carbonyl (C=O) groups is 1. The highest BCUT2D eigenvalue weighted by atomic mass is 32.2. The van der Waals surface area contributed by atoms with Gasteiger partial charge < -0.3 is 10.1 Å². The fourth-order valence-electron chi connectivity index (χ4n) is 2.20. The van der Waals surface area contributed by atoms with Gasteiger partial charge in [0.25, 0.3) is 0 Å². The Labute approximate surface area is 148 Å². The van der Waals surface area contributed by atoms with Crippen LogP contribution in [0, 0.1) is 13.8 Å². The Bertz CT molecular complexity index is 846. The third kappa shape index (κ3) is 5.30. The van der Waals surface area contributed by atoms with Crippen molar-refractivity contribution in [2.24, 2.45) is 0 Å². The zero-order valence-electron chi connectivity index (χ0n) is 14.5. The third-order valence-electron chi connectivity index (χ3n) is 3.64. The maximum absolute atomic E-state index is 12.4. The average molecular weight is 362 g/mol. The minimum absolute atomic E-state index is 0.0151. The summed E-state index contributed by atoms with van der Waals surface area (Å²) in [6.45, 7) is 3.77. The molecule has 2 aromatic rings. The second-order valence-electron chi connectivity index (χ2n) is 5.74. The number of methoxy groups -OCH3 is 1. The summed E-state index contributed by atoms with van der Waals surface area (Å²) in [5.74, 6) is -0.172. The topological polar surface area (TPSA) is 84.5 Å². The molecule has 0 unspecified atom stereocenters. The molecule has 0 fully saturated rings. The van der Waals surface area contributed by atoms with E-state index in [4.69, 9.17) is 4.74 Å². The van der Waals surface area contributed by atoms with Gasteiger partial charge in [-0.25, -0.2) is 13.1 Å². The van der Waals surface area contributed by atoms with Crippen molar-refractivity contribution in [3.63, 3.8) is 0 Å². The van der Waals surface area contributed by atoms with Crippen LogP contribution in [0.4, 0.5) is 0 Å². The zero-order valence-corrected chi connectivity index (χ0v) is 15.3. The molecule has 0 radical (unpaired) electrons. The quantitative estimate of drug-likeness (QED) is 0.788. The summed E-state index contributed by atoms with van der Waals surface area (Å²) in [6.07, 6.45) is 0. The van der Waals surface area contributed by atoms with Gasteiger partial charge >= 0.3 is 0 Å². The summed E-state index contributed by atoms with van der Waals surface area (Å²) >= 11 is 0. The van der Waals surface area contributed by atoms with Crippen molar-refractivity contribution in [1.82, 2.24) is 10.0 Å². The Morgan fingerprint density at radius 1 is 1.04 bits per heavy atom. The van der Waals surface area contributed by atoms with E-state index in [0.29, 0.717) is 6.54 Å². The van der Waals surface area contributed by atoms with Crippen LogP contribution in [0.2, 0.25) is 0 Å². The minimum atomic E-state index is -3.85. The lowest BCUT2D eigenvalue weighted by Crippen LogP contribution is -2.36. The van der Waals surface area contributed by atoms with Crippen molar-refractivity contribution in [3.8, 4) is 5.75 Å². The fraction of sp³-hybridized carbons (Fsp3) is 0.278. The third-order valence-corrected chi connectivity index (χ3v) is 5.06. The Morgan fingerprint density at radius 2 is 1.68 bits per heavy atom. The molecule has 2 rings (SSSR count). The van der Waals surface area contributed by atoms with Crippen molar-refractivity contribution < 1.29 is 17.9 Å². The molecule has 6 nitrogen and oxygen atoms in total. The van der Waals surface area contributed by atoms with Gasteiger partial charge in [-0.3, -0.25) is 4.79 Å². The largest absolute Gasteiger partial charge is 0.495 e. The Hall–Kier alpha value is -2.38. The van der Waals surface area contributed by atoms with Crippen molar-refractivity contribution >= 4 is 15.9 Å². The first-order valence-corrected chi connectivity index (χ1v) is 9.26. The van der Waals surface area contributed by atoms with Crippen LogP contribution >= 0.6 is 0 Å². The van der Waals surface area contributed by atoms with Crippen molar-refractivity contribution in [1.29, 1.82) is 0 Å². The molecule has 0 saturated heterocycles. The molecule has 0 saturated carbocycles. The van der Waals surface area contributed by atoms with Gasteiger partial charge in [-0.05, 0) is 37.1 Å². The first kappa shape index (κ1) is 19.0. The molecule has 0 aliphatic rings. The second kappa shape index (κ2) is 8.13. The molecule has 1 amide bonds. The number of carbonyl (C=O) groups excluding carboxylic acids is 1. The fourth-order valence-corrected chi connectivity index (χ4v) is 3.44. The van der Waals surface area contributed by atoms with Crippen molar-refractivity contribution in [2.75, 3.05) is 13.7 Å². The van der Waals surface area contributed by atoms with Gasteiger partial charge in [0.15, 0.2) is 0 Å². The summed E-state index contributed by atoms with van der Waals surface area (Å²) in [7, 11) is -2.44. The van der Waals surface area contributed by atoms with E-state index in [1.54, 1.807) is 19.1 Å². The molecule has 134 valence electrons. The Kier molecular flexibility index (Phi) is 6.17. The number of hydrogen-bond donors (Lipinski definition) is 2. The van der Waals surface area contributed by atoms with Gasteiger partial charge in [0.2, 0.25) is 15.9 Å². The molecule has 25 heavy (non-hydrogen) atoms. The molecule has 0 heterocycles. The van der Waals surface area contributed by atoms with Gasteiger partial charge in [-0.2, -0.15) is 0 Å². The number of sulfonamides is 1. The molecule has 0 aliphatic heterocycles. The number of aryl methyl sites for hydroxylation is 2. The number of ether oxygens (including phenoxy) is 1. The maximum Gasteiger partial charge on any atom is 0.244 e. The summed E-state index contributed by atoms with van der Waals surface area (Å²) in [5.41, 5.74) is 2.86. The van der Waals surface area contributed by atoms with E-state index in [-0.39, 0.29) is 17.2 Å². The van der Waals surface area contributed by atoms with Crippen molar-refractivity contribution in [3.05, 3.63) is 59.2 Å². The lowest BCUT2D eigenvalue weighted by molar-refractivity contribution is -0.120. The van der Waals surface area contributed by atoms with Crippen LogP contribution in [0.25, 0.3) is 0 Å². The number of amides is 1. The summed E-state index contributed by atoms with van der Waals surface area (Å²) in [4.78, 5) is 11.9. The highest BCUT2D eigenvalue weighted by Crippen LogP contribution is 2.24. The average Bonchev–Trinajstić information content (AvgIpc) is 2.59. The SMILES string of the molecule is COc1ccc(C)cc1S(=O)(=O)NCC(=O)NCc1ccc(C)cc1. The lowest BCUT2D eigenvalue weighted by Gasteiger charge is -2.11. The van der Waals surface area contributed by atoms with Crippen LogP contribution in [0.15, 0.2) is 47.4 Å². The van der Waals surface area contributed by atoms with Gasteiger partial charge in [0.1, 0.15) is 10.6 Å². The Balaban J connectivity index is 1.96. The van der Waals surface area contributed by atoms with E-state index >= 15 is 0 Å². The number of nitrogens with one attached hydrogen (secondary N) is 2. The van der Waals surface area contributed by atoms with E-state index in [0.717, 1.165) is 16.7 Å². The zero-order chi connectivity index (χ0) is 18.4. The van der Waals surface area contributed by atoms with E-state index in [1.807, 2.05) is 31.2 Å². The molecule has 2 N–H and O–H groups in total. The number of hydrogen-bond acceptors (Lipinski definition) is 4. The normalized spacial score (nSPS) is 11.2. The van der Waals surface area contributed by atoms with Crippen LogP contribution in [0.1, 0.15) is 16.7 Å². The van der Waals surface area contributed by atoms with Crippen molar-refractivity contribution in [2.45, 2.75) is 25.3 Å². The summed E-state index contributed by atoms with van der Waals surface area (Å²) in [5, 5.41) is 2.69. The summed E-state index contributed by atoms with van der Waals surface area (Å²) in [6, 6.07) is 12.6. The van der Waals surface area contributed by atoms with Gasteiger partial charge in [-0.1, -0.05) is 35.9 Å². The van der Waals surface area contributed by atoms with Gasteiger partial charge in [0, 0.05) is 6.54 Å². The molecule has 0 spiro atoms. The van der Waals surface area contributed by atoms with Crippen LogP contribution < -0.4 is 14.8 Å². The molecule has 0 bridgehead atoms. The predicted molar refractivity (Wildman–Crippen MR) is 95.9 cm³/mol.